The summed E-state index contributed by atoms with van der Waals surface area (Å²) in [6.45, 7) is 5.27. The number of ether oxygens (including phenoxy) is 2. The van der Waals surface area contributed by atoms with Crippen LogP contribution in [-0.4, -0.2) is 40.4 Å². The van der Waals surface area contributed by atoms with Crippen LogP contribution >= 0.6 is 0 Å². The lowest BCUT2D eigenvalue weighted by molar-refractivity contribution is -0.166. The van der Waals surface area contributed by atoms with Crippen LogP contribution in [0.25, 0.3) is 0 Å². The second-order valence-corrected chi connectivity index (χ2v) is 6.07. The summed E-state index contributed by atoms with van der Waals surface area (Å²) < 4.78 is 10.5. The molecule has 0 fully saturated rings. The summed E-state index contributed by atoms with van der Waals surface area (Å²) in [5.41, 5.74) is 6.42. The first-order valence-electron chi connectivity index (χ1n) is 8.41. The van der Waals surface area contributed by atoms with Crippen LogP contribution in [-0.2, 0) is 25.5 Å². The SMILES string of the molecule is CCCCC(=O)O[C@@H](C)[C@@H](C)OC(=O)[C@@H](N)Cc1ccc(O)c(O)c1. The van der Waals surface area contributed by atoms with Gasteiger partial charge in [0.2, 0.25) is 0 Å². The second kappa shape index (κ2) is 9.88. The number of phenols is 2. The lowest BCUT2D eigenvalue weighted by Crippen LogP contribution is -2.39. The first-order valence-corrected chi connectivity index (χ1v) is 8.41. The molecule has 0 saturated carbocycles. The van der Waals surface area contributed by atoms with E-state index in [0.29, 0.717) is 12.0 Å². The summed E-state index contributed by atoms with van der Waals surface area (Å²) in [5, 5.41) is 18.7. The Morgan fingerprint density at radius 2 is 1.76 bits per heavy atom. The zero-order valence-corrected chi connectivity index (χ0v) is 14.9. The van der Waals surface area contributed by atoms with E-state index >= 15 is 0 Å². The highest BCUT2D eigenvalue weighted by Gasteiger charge is 2.24. The Kier molecular flexibility index (Phi) is 8.21. The third kappa shape index (κ3) is 7.01. The molecular formula is C18H27NO6. The second-order valence-electron chi connectivity index (χ2n) is 6.07. The minimum atomic E-state index is -0.936. The highest BCUT2D eigenvalue weighted by atomic mass is 16.6. The third-order valence-corrected chi connectivity index (χ3v) is 3.81. The maximum absolute atomic E-state index is 12.1. The zero-order chi connectivity index (χ0) is 19.0. The van der Waals surface area contributed by atoms with Crippen LogP contribution in [0.1, 0.15) is 45.6 Å². The maximum atomic E-state index is 12.1. The van der Waals surface area contributed by atoms with Gasteiger partial charge in [-0.15, -0.1) is 0 Å². The number of esters is 2. The van der Waals surface area contributed by atoms with Gasteiger partial charge in [0.05, 0.1) is 0 Å². The summed E-state index contributed by atoms with van der Waals surface area (Å²) in [7, 11) is 0. The minimum Gasteiger partial charge on any atom is -0.504 e. The molecule has 0 heterocycles. The maximum Gasteiger partial charge on any atom is 0.323 e. The number of hydrogen-bond donors (Lipinski definition) is 3. The molecule has 0 aliphatic carbocycles. The Morgan fingerprint density at radius 3 is 2.36 bits per heavy atom. The number of phenolic OH excluding ortho intramolecular Hbond substituents is 2. The van der Waals surface area contributed by atoms with E-state index in [4.69, 9.17) is 15.2 Å². The molecule has 0 aliphatic heterocycles. The van der Waals surface area contributed by atoms with E-state index in [1.807, 2.05) is 6.92 Å². The third-order valence-electron chi connectivity index (χ3n) is 3.81. The van der Waals surface area contributed by atoms with Crippen molar-refractivity contribution in [3.05, 3.63) is 23.8 Å². The molecule has 7 heteroatoms. The molecule has 7 nitrogen and oxygen atoms in total. The number of benzene rings is 1. The fourth-order valence-electron chi connectivity index (χ4n) is 2.08. The lowest BCUT2D eigenvalue weighted by Gasteiger charge is -2.22. The van der Waals surface area contributed by atoms with Gasteiger partial charge in [0.15, 0.2) is 11.5 Å². The number of carbonyl (C=O) groups excluding carboxylic acids is 2. The Labute approximate surface area is 147 Å². The summed E-state index contributed by atoms with van der Waals surface area (Å²) in [4.78, 5) is 23.7. The van der Waals surface area contributed by atoms with Crippen LogP contribution in [0, 0.1) is 0 Å². The van der Waals surface area contributed by atoms with Crippen molar-refractivity contribution in [1.29, 1.82) is 0 Å². The fraction of sp³-hybridized carbons (Fsp3) is 0.556. The van der Waals surface area contributed by atoms with Crippen molar-refractivity contribution in [2.24, 2.45) is 5.73 Å². The van der Waals surface area contributed by atoms with E-state index in [9.17, 15) is 19.8 Å². The predicted octanol–water partition coefficient (Wildman–Crippen LogP) is 2.02. The van der Waals surface area contributed by atoms with Gasteiger partial charge in [0.1, 0.15) is 18.2 Å². The molecular weight excluding hydrogens is 326 g/mol. The van der Waals surface area contributed by atoms with Gasteiger partial charge in [-0.2, -0.15) is 0 Å². The molecule has 0 aromatic heterocycles. The highest BCUT2D eigenvalue weighted by Crippen LogP contribution is 2.25. The monoisotopic (exact) mass is 353 g/mol. The van der Waals surface area contributed by atoms with Crippen molar-refractivity contribution < 1.29 is 29.3 Å². The molecule has 0 aliphatic rings. The quantitative estimate of drug-likeness (QED) is 0.459. The van der Waals surface area contributed by atoms with Crippen molar-refractivity contribution in [3.8, 4) is 11.5 Å². The van der Waals surface area contributed by atoms with Gasteiger partial charge in [-0.25, -0.2) is 0 Å². The first kappa shape index (κ1) is 20.8. The Hall–Kier alpha value is -2.28. The standard InChI is InChI=1S/C18H27NO6/c1-4-5-6-17(22)24-11(2)12(3)25-18(23)14(19)9-13-7-8-15(20)16(21)10-13/h7-8,10-12,14,20-21H,4-6,9,19H2,1-3H3/t11-,12+,14-/m0/s1. The minimum absolute atomic E-state index is 0.143. The van der Waals surface area contributed by atoms with E-state index in [1.165, 1.54) is 12.1 Å². The van der Waals surface area contributed by atoms with Gasteiger partial charge in [0.25, 0.3) is 0 Å². The number of carbonyl (C=O) groups is 2. The molecule has 3 atom stereocenters. The van der Waals surface area contributed by atoms with Gasteiger partial charge < -0.3 is 25.4 Å². The molecule has 25 heavy (non-hydrogen) atoms. The highest BCUT2D eigenvalue weighted by molar-refractivity contribution is 5.76. The summed E-state index contributed by atoms with van der Waals surface area (Å²) in [6, 6.07) is 3.28. The topological polar surface area (TPSA) is 119 Å². The van der Waals surface area contributed by atoms with Gasteiger partial charge in [-0.05, 0) is 44.4 Å². The van der Waals surface area contributed by atoms with Crippen molar-refractivity contribution >= 4 is 11.9 Å². The van der Waals surface area contributed by atoms with Crippen LogP contribution in [0.5, 0.6) is 11.5 Å². The lowest BCUT2D eigenvalue weighted by atomic mass is 10.1. The van der Waals surface area contributed by atoms with Crippen LogP contribution < -0.4 is 5.73 Å². The van der Waals surface area contributed by atoms with Crippen molar-refractivity contribution in [3.63, 3.8) is 0 Å². The van der Waals surface area contributed by atoms with Crippen molar-refractivity contribution in [2.75, 3.05) is 0 Å². The molecule has 0 spiro atoms. The molecule has 4 N–H and O–H groups in total. The zero-order valence-electron chi connectivity index (χ0n) is 14.9. The van der Waals surface area contributed by atoms with Crippen LogP contribution in [0.4, 0.5) is 0 Å². The predicted molar refractivity (Wildman–Crippen MR) is 92.1 cm³/mol. The van der Waals surface area contributed by atoms with E-state index < -0.39 is 24.2 Å². The summed E-state index contributed by atoms with van der Waals surface area (Å²) >= 11 is 0. The van der Waals surface area contributed by atoms with Crippen molar-refractivity contribution in [1.82, 2.24) is 0 Å². The van der Waals surface area contributed by atoms with Gasteiger partial charge in [-0.3, -0.25) is 9.59 Å². The van der Waals surface area contributed by atoms with Gasteiger partial charge in [0, 0.05) is 6.42 Å². The van der Waals surface area contributed by atoms with Crippen LogP contribution in [0.2, 0.25) is 0 Å². The Morgan fingerprint density at radius 1 is 1.12 bits per heavy atom. The largest absolute Gasteiger partial charge is 0.504 e. The van der Waals surface area contributed by atoms with Crippen LogP contribution in [0.3, 0.4) is 0 Å². The molecule has 0 bridgehead atoms. The summed E-state index contributed by atoms with van der Waals surface area (Å²) in [5.74, 6) is -1.47. The van der Waals surface area contributed by atoms with Gasteiger partial charge in [-0.1, -0.05) is 19.4 Å². The van der Waals surface area contributed by atoms with E-state index in [1.54, 1.807) is 19.9 Å². The van der Waals surface area contributed by atoms with Crippen LogP contribution in [0.15, 0.2) is 18.2 Å². The molecule has 0 unspecified atom stereocenters. The molecule has 1 aromatic rings. The normalized spacial score (nSPS) is 14.4. The molecule has 140 valence electrons. The Balaban J connectivity index is 2.50. The number of unbranched alkanes of at least 4 members (excludes halogenated alkanes) is 1. The Bertz CT molecular complexity index is 589. The van der Waals surface area contributed by atoms with Crippen molar-refractivity contribution in [2.45, 2.75) is 64.7 Å². The number of hydrogen-bond acceptors (Lipinski definition) is 7. The molecule has 0 amide bonds. The number of rotatable bonds is 9. The molecule has 0 saturated heterocycles. The summed E-state index contributed by atoms with van der Waals surface area (Å²) in [6.07, 6.45) is 0.936. The smallest absolute Gasteiger partial charge is 0.323 e. The number of nitrogens with two attached hydrogens (primary N) is 1. The van der Waals surface area contributed by atoms with E-state index in [2.05, 4.69) is 0 Å². The number of aromatic hydroxyl groups is 2. The van der Waals surface area contributed by atoms with Gasteiger partial charge >= 0.3 is 11.9 Å². The van der Waals surface area contributed by atoms with E-state index in [0.717, 1.165) is 12.8 Å². The molecule has 1 rings (SSSR count). The molecule has 0 radical (unpaired) electrons. The first-order chi connectivity index (χ1) is 11.7. The average molecular weight is 353 g/mol. The van der Waals surface area contributed by atoms with E-state index in [-0.39, 0.29) is 23.9 Å². The average Bonchev–Trinajstić information content (AvgIpc) is 2.56. The molecule has 1 aromatic carbocycles. The fourth-order valence-corrected chi connectivity index (χ4v) is 2.08.